The highest BCUT2D eigenvalue weighted by molar-refractivity contribution is 9.10. The number of carbonyl (C=O) groups is 1. The van der Waals surface area contributed by atoms with Gasteiger partial charge in [-0.1, -0.05) is 6.92 Å². The van der Waals surface area contributed by atoms with Gasteiger partial charge in [0.05, 0.1) is 11.6 Å². The fourth-order valence-electron chi connectivity index (χ4n) is 1.68. The lowest BCUT2D eigenvalue weighted by atomic mass is 10.3. The number of ether oxygens (including phenoxy) is 1. The van der Waals surface area contributed by atoms with E-state index in [0.717, 1.165) is 17.3 Å². The van der Waals surface area contributed by atoms with E-state index in [4.69, 9.17) is 4.74 Å². The van der Waals surface area contributed by atoms with E-state index in [1.807, 2.05) is 6.92 Å². The number of anilines is 1. The van der Waals surface area contributed by atoms with Crippen LogP contribution in [0.15, 0.2) is 22.7 Å². The third-order valence-corrected chi connectivity index (χ3v) is 3.25. The van der Waals surface area contributed by atoms with Crippen molar-refractivity contribution in [3.05, 3.63) is 34.3 Å². The Morgan fingerprint density at radius 3 is 2.95 bits per heavy atom. The minimum atomic E-state index is -0.347. The molecule has 106 valence electrons. The zero-order chi connectivity index (χ0) is 14.5. The molecule has 2 aromatic rings. The van der Waals surface area contributed by atoms with Crippen LogP contribution in [0.4, 0.5) is 5.69 Å². The van der Waals surface area contributed by atoms with E-state index in [0.29, 0.717) is 17.3 Å². The number of amides is 1. The third-order valence-electron chi connectivity index (χ3n) is 2.63. The van der Waals surface area contributed by atoms with Crippen LogP contribution in [0.2, 0.25) is 0 Å². The molecule has 0 aliphatic carbocycles. The Hall–Kier alpha value is -1.89. The van der Waals surface area contributed by atoms with E-state index >= 15 is 0 Å². The van der Waals surface area contributed by atoms with E-state index in [1.165, 1.54) is 0 Å². The predicted molar refractivity (Wildman–Crippen MR) is 79.0 cm³/mol. The van der Waals surface area contributed by atoms with Gasteiger partial charge in [0.15, 0.2) is 0 Å². The molecule has 1 aromatic carbocycles. The number of aryl methyl sites for hydroxylation is 1. The molecule has 0 fully saturated rings. The number of H-pyrrole nitrogens is 1. The monoisotopic (exact) mass is 338 g/mol. The van der Waals surface area contributed by atoms with Gasteiger partial charge >= 0.3 is 0 Å². The normalized spacial score (nSPS) is 10.3. The van der Waals surface area contributed by atoms with E-state index < -0.39 is 0 Å². The number of aromatic amines is 1. The number of hydrogen-bond donors (Lipinski definition) is 2. The first-order valence-electron chi connectivity index (χ1n) is 6.20. The Morgan fingerprint density at radius 2 is 2.30 bits per heavy atom. The summed E-state index contributed by atoms with van der Waals surface area (Å²) in [7, 11) is 1.58. The highest BCUT2D eigenvalue weighted by atomic mass is 79.9. The van der Waals surface area contributed by atoms with Crippen LogP contribution >= 0.6 is 15.9 Å². The molecule has 6 nitrogen and oxygen atoms in total. The lowest BCUT2D eigenvalue weighted by molar-refractivity contribution is 0.101. The molecule has 0 aliphatic heterocycles. The Kier molecular flexibility index (Phi) is 4.73. The number of nitrogens with zero attached hydrogens (tertiary/aromatic N) is 2. The van der Waals surface area contributed by atoms with Crippen LogP contribution in [0.5, 0.6) is 5.75 Å². The summed E-state index contributed by atoms with van der Waals surface area (Å²) in [5.41, 5.74) is 0.643. The first-order valence-corrected chi connectivity index (χ1v) is 6.99. The van der Waals surface area contributed by atoms with Gasteiger partial charge in [0.25, 0.3) is 5.91 Å². The lowest BCUT2D eigenvalue weighted by Gasteiger charge is -2.06. The summed E-state index contributed by atoms with van der Waals surface area (Å²) >= 11 is 3.36. The fourth-order valence-corrected chi connectivity index (χ4v) is 2.22. The van der Waals surface area contributed by atoms with Crippen molar-refractivity contribution in [2.45, 2.75) is 19.8 Å². The van der Waals surface area contributed by atoms with Crippen molar-refractivity contribution < 1.29 is 9.53 Å². The molecule has 0 unspecified atom stereocenters. The molecule has 2 rings (SSSR count). The fraction of sp³-hybridized carbons (Fsp3) is 0.308. The number of halogens is 1. The largest absolute Gasteiger partial charge is 0.496 e. The van der Waals surface area contributed by atoms with Crippen LogP contribution in [-0.2, 0) is 6.42 Å². The Balaban J connectivity index is 2.08. The van der Waals surface area contributed by atoms with Crippen molar-refractivity contribution in [2.24, 2.45) is 0 Å². The molecule has 1 aromatic heterocycles. The first kappa shape index (κ1) is 14.5. The molecule has 20 heavy (non-hydrogen) atoms. The molecule has 7 heteroatoms. The maximum Gasteiger partial charge on any atom is 0.295 e. The van der Waals surface area contributed by atoms with Crippen LogP contribution in [0.25, 0.3) is 0 Å². The van der Waals surface area contributed by atoms with Crippen LogP contribution in [0.1, 0.15) is 29.8 Å². The number of methoxy groups -OCH3 is 1. The van der Waals surface area contributed by atoms with Gasteiger partial charge in [-0.15, -0.1) is 5.10 Å². The summed E-state index contributed by atoms with van der Waals surface area (Å²) < 4.78 is 5.89. The second-order valence-electron chi connectivity index (χ2n) is 4.16. The average Bonchev–Trinajstić information content (AvgIpc) is 2.88. The summed E-state index contributed by atoms with van der Waals surface area (Å²) in [5.74, 6) is 1.21. The summed E-state index contributed by atoms with van der Waals surface area (Å²) in [6.45, 7) is 2.04. The van der Waals surface area contributed by atoms with E-state index in [-0.39, 0.29) is 11.7 Å². The number of benzene rings is 1. The first-order chi connectivity index (χ1) is 9.63. The molecule has 2 N–H and O–H groups in total. The summed E-state index contributed by atoms with van der Waals surface area (Å²) in [6.07, 6.45) is 1.72. The van der Waals surface area contributed by atoms with Crippen LogP contribution in [0.3, 0.4) is 0 Å². The summed E-state index contributed by atoms with van der Waals surface area (Å²) in [6, 6.07) is 5.28. The topological polar surface area (TPSA) is 79.9 Å². The third kappa shape index (κ3) is 3.36. The van der Waals surface area contributed by atoms with Crippen LogP contribution in [-0.4, -0.2) is 28.2 Å². The second kappa shape index (κ2) is 6.51. The summed E-state index contributed by atoms with van der Waals surface area (Å²) in [4.78, 5) is 16.1. The Bertz CT molecular complexity index is 612. The van der Waals surface area contributed by atoms with Gasteiger partial charge in [-0.05, 0) is 40.5 Å². The highest BCUT2D eigenvalue weighted by Crippen LogP contribution is 2.27. The molecule has 1 amide bonds. The number of carbonyl (C=O) groups excluding carboxylic acids is 1. The minimum absolute atomic E-state index is 0.139. The number of nitrogens with one attached hydrogen (secondary N) is 2. The maximum atomic E-state index is 12.0. The van der Waals surface area contributed by atoms with Gasteiger partial charge in [0.1, 0.15) is 11.6 Å². The Labute approximate surface area is 125 Å². The molecule has 1 heterocycles. The van der Waals surface area contributed by atoms with Crippen LogP contribution < -0.4 is 10.1 Å². The molecule has 0 aliphatic rings. The van der Waals surface area contributed by atoms with Crippen molar-refractivity contribution in [3.63, 3.8) is 0 Å². The highest BCUT2D eigenvalue weighted by Gasteiger charge is 2.13. The molecule has 0 spiro atoms. The van der Waals surface area contributed by atoms with Crippen molar-refractivity contribution in [1.29, 1.82) is 0 Å². The van der Waals surface area contributed by atoms with Crippen molar-refractivity contribution in [3.8, 4) is 5.75 Å². The van der Waals surface area contributed by atoms with Crippen molar-refractivity contribution >= 4 is 27.5 Å². The molecule has 0 saturated heterocycles. The van der Waals surface area contributed by atoms with Gasteiger partial charge in [0.2, 0.25) is 5.82 Å². The number of aromatic nitrogens is 3. The second-order valence-corrected chi connectivity index (χ2v) is 5.01. The number of rotatable bonds is 5. The quantitative estimate of drug-likeness (QED) is 0.878. The van der Waals surface area contributed by atoms with Crippen molar-refractivity contribution in [1.82, 2.24) is 15.2 Å². The van der Waals surface area contributed by atoms with E-state index in [9.17, 15) is 4.79 Å². The SMILES string of the molecule is CCCc1nc(C(=O)Nc2ccc(OC)c(Br)c2)n[nH]1. The smallest absolute Gasteiger partial charge is 0.295 e. The van der Waals surface area contributed by atoms with E-state index in [2.05, 4.69) is 36.4 Å². The average molecular weight is 339 g/mol. The van der Waals surface area contributed by atoms with Gasteiger partial charge in [-0.3, -0.25) is 9.89 Å². The number of hydrogen-bond acceptors (Lipinski definition) is 4. The molecule has 0 atom stereocenters. The van der Waals surface area contributed by atoms with Gasteiger partial charge < -0.3 is 10.1 Å². The Morgan fingerprint density at radius 1 is 1.50 bits per heavy atom. The van der Waals surface area contributed by atoms with E-state index in [1.54, 1.807) is 25.3 Å². The lowest BCUT2D eigenvalue weighted by Crippen LogP contribution is -2.13. The van der Waals surface area contributed by atoms with Gasteiger partial charge in [-0.2, -0.15) is 0 Å². The molecule has 0 bridgehead atoms. The molecular formula is C13H15BrN4O2. The molecule has 0 saturated carbocycles. The molecule has 0 radical (unpaired) electrons. The zero-order valence-electron chi connectivity index (χ0n) is 11.2. The van der Waals surface area contributed by atoms with Gasteiger partial charge in [-0.25, -0.2) is 4.98 Å². The zero-order valence-corrected chi connectivity index (χ0v) is 12.8. The standard InChI is InChI=1S/C13H15BrN4O2/c1-3-4-11-16-12(18-17-11)13(19)15-8-5-6-10(20-2)9(14)7-8/h5-7H,3-4H2,1-2H3,(H,15,19)(H,16,17,18). The predicted octanol–water partition coefficient (Wildman–Crippen LogP) is 2.78. The summed E-state index contributed by atoms with van der Waals surface area (Å²) in [5, 5.41) is 9.39. The minimum Gasteiger partial charge on any atom is -0.496 e. The van der Waals surface area contributed by atoms with Crippen molar-refractivity contribution in [2.75, 3.05) is 12.4 Å². The maximum absolute atomic E-state index is 12.0. The molecular weight excluding hydrogens is 324 g/mol. The van der Waals surface area contributed by atoms with Gasteiger partial charge in [0, 0.05) is 12.1 Å². The van der Waals surface area contributed by atoms with Crippen LogP contribution in [0, 0.1) is 0 Å².